The maximum atomic E-state index is 13.6. The number of carbonyl (C=O) groups is 3. The molecule has 1 aromatic heterocycles. The Balaban J connectivity index is 1.40. The second kappa shape index (κ2) is 11.8. The lowest BCUT2D eigenvalue weighted by Crippen LogP contribution is -2.29. The summed E-state index contributed by atoms with van der Waals surface area (Å²) < 4.78 is 11.2. The molecule has 2 aliphatic heterocycles. The van der Waals surface area contributed by atoms with Crippen molar-refractivity contribution >= 4 is 63.3 Å². The maximum Gasteiger partial charge on any atom is 0.337 e. The summed E-state index contributed by atoms with van der Waals surface area (Å²) in [5, 5.41) is 20.9. The van der Waals surface area contributed by atoms with E-state index in [2.05, 4.69) is 10.2 Å². The number of Topliss-reactive ketones (excluding diaryl/α,β-unsaturated/α-hetero) is 1. The molecule has 9 nitrogen and oxygen atoms in total. The number of esters is 1. The fourth-order valence-corrected chi connectivity index (χ4v) is 7.26. The average molecular weight is 634 g/mol. The first-order valence-corrected chi connectivity index (χ1v) is 15.4. The van der Waals surface area contributed by atoms with E-state index in [0.29, 0.717) is 38.2 Å². The zero-order chi connectivity index (χ0) is 30.2. The number of aliphatic hydroxyl groups excluding tert-OH is 1. The molecule has 1 saturated heterocycles. The molecule has 0 spiro atoms. The first-order valence-electron chi connectivity index (χ1n) is 13.2. The van der Waals surface area contributed by atoms with Crippen LogP contribution in [0, 0.1) is 0 Å². The van der Waals surface area contributed by atoms with Crippen LogP contribution in [0.5, 0.6) is 5.75 Å². The lowest BCUT2D eigenvalue weighted by molar-refractivity contribution is -0.132. The molecule has 0 radical (unpaired) electrons. The zero-order valence-electron chi connectivity index (χ0n) is 22.9. The third kappa shape index (κ3) is 5.51. The van der Waals surface area contributed by atoms with Crippen molar-refractivity contribution in [3.63, 3.8) is 0 Å². The molecule has 0 aliphatic carbocycles. The highest BCUT2D eigenvalue weighted by Gasteiger charge is 2.48. The van der Waals surface area contributed by atoms with Gasteiger partial charge in [-0.05, 0) is 60.0 Å². The third-order valence-corrected chi connectivity index (χ3v) is 9.65. The van der Waals surface area contributed by atoms with Crippen LogP contribution in [0.25, 0.3) is 5.76 Å². The number of fused-ring (bicyclic) bond motifs is 1. The molecule has 12 heteroatoms. The van der Waals surface area contributed by atoms with Gasteiger partial charge in [-0.15, -0.1) is 10.2 Å². The Labute approximate surface area is 260 Å². The van der Waals surface area contributed by atoms with Crippen LogP contribution in [-0.2, 0) is 26.5 Å². The Bertz CT molecular complexity index is 1790. The van der Waals surface area contributed by atoms with Gasteiger partial charge in [0, 0.05) is 22.8 Å². The summed E-state index contributed by atoms with van der Waals surface area (Å²) in [5.41, 5.74) is 2.90. The molecule has 3 heterocycles. The largest absolute Gasteiger partial charge is 0.507 e. The van der Waals surface area contributed by atoms with Crippen molar-refractivity contribution in [2.24, 2.45) is 0 Å². The number of methoxy groups -OCH3 is 1. The van der Waals surface area contributed by atoms with Gasteiger partial charge < -0.3 is 14.6 Å². The summed E-state index contributed by atoms with van der Waals surface area (Å²) in [6.07, 6.45) is 0.650. The number of carbonyl (C=O) groups excluding carboxylic acids is 3. The molecule has 0 bridgehead atoms. The minimum atomic E-state index is -1.02. The van der Waals surface area contributed by atoms with Crippen molar-refractivity contribution in [3.05, 3.63) is 105 Å². The standard InChI is InChI=1S/C31H24ClN3O6S2/c1-16-13-21-14-19(11-12-23(21)41-16)26(36)24-25(17-7-9-18(10-8-17)29(39)40-2)35(28(38)27(24)37)30-33-34-31(43-30)42-15-20-5-3-4-6-22(20)32/h3-12,14,16,25,36H,13,15H2,1-2H3/b26-24+/t16-,25-/m0/s1. The lowest BCUT2D eigenvalue weighted by Gasteiger charge is -2.22. The molecule has 6 rings (SSSR count). The SMILES string of the molecule is COC(=O)c1ccc([C@H]2/C(=C(\O)c3ccc4c(c3)C[C@H](C)O4)C(=O)C(=O)N2c2nnc(SCc3ccccc3Cl)s2)cc1. The summed E-state index contributed by atoms with van der Waals surface area (Å²) in [5.74, 6) is -1.30. The van der Waals surface area contributed by atoms with Crippen molar-refractivity contribution in [3.8, 4) is 5.75 Å². The minimum absolute atomic E-state index is 0.00585. The van der Waals surface area contributed by atoms with Gasteiger partial charge in [0.15, 0.2) is 4.34 Å². The van der Waals surface area contributed by atoms with Gasteiger partial charge in [-0.25, -0.2) is 4.79 Å². The molecule has 4 aromatic rings. The summed E-state index contributed by atoms with van der Waals surface area (Å²) in [7, 11) is 1.28. The highest BCUT2D eigenvalue weighted by molar-refractivity contribution is 8.00. The Morgan fingerprint density at radius 3 is 2.60 bits per heavy atom. The number of thioether (sulfide) groups is 1. The smallest absolute Gasteiger partial charge is 0.337 e. The number of anilines is 1. The molecule has 0 unspecified atom stereocenters. The summed E-state index contributed by atoms with van der Waals surface area (Å²) in [4.78, 5) is 40.5. The molecule has 1 fully saturated rings. The zero-order valence-corrected chi connectivity index (χ0v) is 25.3. The predicted octanol–water partition coefficient (Wildman–Crippen LogP) is 6.22. The Morgan fingerprint density at radius 2 is 1.86 bits per heavy atom. The van der Waals surface area contributed by atoms with E-state index in [1.54, 1.807) is 42.5 Å². The second-order valence-corrected chi connectivity index (χ2v) is 12.6. The molecular weight excluding hydrogens is 610 g/mol. The van der Waals surface area contributed by atoms with Gasteiger partial charge in [-0.1, -0.05) is 65.0 Å². The summed E-state index contributed by atoms with van der Waals surface area (Å²) in [6.45, 7) is 1.95. The lowest BCUT2D eigenvalue weighted by atomic mass is 9.94. The first-order chi connectivity index (χ1) is 20.7. The van der Waals surface area contributed by atoms with Crippen molar-refractivity contribution in [1.29, 1.82) is 0 Å². The van der Waals surface area contributed by atoms with E-state index >= 15 is 0 Å². The number of hydrogen-bond donors (Lipinski definition) is 1. The number of rotatable bonds is 7. The van der Waals surface area contributed by atoms with E-state index in [1.165, 1.54) is 23.8 Å². The number of ketones is 1. The Kier molecular flexibility index (Phi) is 7.95. The van der Waals surface area contributed by atoms with Crippen molar-refractivity contribution in [1.82, 2.24) is 10.2 Å². The van der Waals surface area contributed by atoms with Crippen LogP contribution in [0.2, 0.25) is 5.02 Å². The Hall–Kier alpha value is -4.19. The van der Waals surface area contributed by atoms with E-state index in [0.717, 1.165) is 28.2 Å². The monoisotopic (exact) mass is 633 g/mol. The van der Waals surface area contributed by atoms with Crippen molar-refractivity contribution in [2.75, 3.05) is 12.0 Å². The van der Waals surface area contributed by atoms with Crippen molar-refractivity contribution in [2.45, 2.75) is 35.6 Å². The van der Waals surface area contributed by atoms with Crippen LogP contribution in [0.3, 0.4) is 0 Å². The molecule has 0 saturated carbocycles. The summed E-state index contributed by atoms with van der Waals surface area (Å²) in [6, 6.07) is 18.0. The third-order valence-electron chi connectivity index (χ3n) is 7.17. The molecule has 1 amide bonds. The number of amides is 1. The van der Waals surface area contributed by atoms with Crippen LogP contribution < -0.4 is 9.64 Å². The maximum absolute atomic E-state index is 13.6. The van der Waals surface area contributed by atoms with Crippen LogP contribution in [0.4, 0.5) is 5.13 Å². The molecule has 3 aromatic carbocycles. The number of ether oxygens (including phenoxy) is 2. The van der Waals surface area contributed by atoms with Gasteiger partial charge in [-0.2, -0.15) is 0 Å². The van der Waals surface area contributed by atoms with E-state index in [9.17, 15) is 19.5 Å². The second-order valence-electron chi connectivity index (χ2n) is 9.97. The average Bonchev–Trinajstić information content (AvgIpc) is 3.70. The fraction of sp³-hybridized carbons (Fsp3) is 0.194. The number of halogens is 1. The first kappa shape index (κ1) is 28.9. The van der Waals surface area contributed by atoms with E-state index in [4.69, 9.17) is 21.1 Å². The van der Waals surface area contributed by atoms with Crippen LogP contribution >= 0.6 is 34.7 Å². The number of benzene rings is 3. The summed E-state index contributed by atoms with van der Waals surface area (Å²) >= 11 is 8.85. The molecule has 2 aliphatic rings. The number of nitrogens with zero attached hydrogens (tertiary/aromatic N) is 3. The van der Waals surface area contributed by atoms with E-state index < -0.39 is 23.7 Å². The molecule has 2 atom stereocenters. The van der Waals surface area contributed by atoms with E-state index in [-0.39, 0.29) is 22.6 Å². The highest BCUT2D eigenvalue weighted by atomic mass is 35.5. The van der Waals surface area contributed by atoms with Crippen LogP contribution in [-0.4, -0.2) is 46.2 Å². The van der Waals surface area contributed by atoms with Crippen molar-refractivity contribution < 1.29 is 29.0 Å². The van der Waals surface area contributed by atoms with Gasteiger partial charge in [0.25, 0.3) is 5.78 Å². The molecule has 1 N–H and O–H groups in total. The molecule has 218 valence electrons. The van der Waals surface area contributed by atoms with Crippen LogP contribution in [0.15, 0.2) is 76.6 Å². The van der Waals surface area contributed by atoms with Gasteiger partial charge in [0.2, 0.25) is 5.13 Å². The highest BCUT2D eigenvalue weighted by Crippen LogP contribution is 2.45. The number of aliphatic hydroxyl groups is 1. The van der Waals surface area contributed by atoms with Gasteiger partial charge in [-0.3, -0.25) is 14.5 Å². The number of hydrogen-bond acceptors (Lipinski definition) is 10. The quantitative estimate of drug-likeness (QED) is 0.0632. The normalized spacial score (nSPS) is 18.9. The number of aromatic nitrogens is 2. The fourth-order valence-electron chi connectivity index (χ4n) is 5.10. The minimum Gasteiger partial charge on any atom is -0.507 e. The van der Waals surface area contributed by atoms with Gasteiger partial charge >= 0.3 is 11.9 Å². The van der Waals surface area contributed by atoms with E-state index in [1.807, 2.05) is 31.2 Å². The van der Waals surface area contributed by atoms with Gasteiger partial charge in [0.1, 0.15) is 17.6 Å². The van der Waals surface area contributed by atoms with Gasteiger partial charge in [0.05, 0.1) is 24.3 Å². The predicted molar refractivity (Wildman–Crippen MR) is 164 cm³/mol. The Morgan fingerprint density at radius 1 is 1.12 bits per heavy atom. The topological polar surface area (TPSA) is 119 Å². The van der Waals surface area contributed by atoms with Crippen LogP contribution in [0.1, 0.15) is 45.6 Å². The molecular formula is C31H24ClN3O6S2. The molecule has 43 heavy (non-hydrogen) atoms.